The zero-order chi connectivity index (χ0) is 11.8. The molecule has 0 aromatic heterocycles. The summed E-state index contributed by atoms with van der Waals surface area (Å²) < 4.78 is 0. The van der Waals surface area contributed by atoms with E-state index < -0.39 is 11.2 Å². The Kier molecular flexibility index (Phi) is 3.33. The van der Waals surface area contributed by atoms with Crippen LogP contribution in [0.3, 0.4) is 0 Å². The Morgan fingerprint density at radius 1 is 0.812 bits per heavy atom. The van der Waals surface area contributed by atoms with E-state index in [4.69, 9.17) is 0 Å². The highest BCUT2D eigenvalue weighted by Crippen LogP contribution is 2.44. The maximum absolute atomic E-state index is 10.3. The van der Waals surface area contributed by atoms with Crippen molar-refractivity contribution in [2.75, 3.05) is 0 Å². The lowest BCUT2D eigenvalue weighted by Gasteiger charge is -2.31. The Morgan fingerprint density at radius 2 is 1.25 bits per heavy atom. The number of aliphatic hydroxyl groups is 2. The van der Waals surface area contributed by atoms with E-state index >= 15 is 0 Å². The van der Waals surface area contributed by atoms with Crippen LogP contribution in [-0.4, -0.2) is 21.4 Å². The fourth-order valence-electron chi connectivity index (χ4n) is 3.85. The van der Waals surface area contributed by atoms with Gasteiger partial charge in [0.25, 0.3) is 0 Å². The molecule has 0 aliphatic heterocycles. The lowest BCUT2D eigenvalue weighted by atomic mass is 9.79. The molecule has 0 spiro atoms. The average Bonchev–Trinajstić information content (AvgIpc) is 2.31. The van der Waals surface area contributed by atoms with Gasteiger partial charge >= 0.3 is 0 Å². The number of hydrogen-bond acceptors (Lipinski definition) is 2. The molecule has 0 radical (unpaired) electrons. The topological polar surface area (TPSA) is 40.5 Å². The average molecular weight is 226 g/mol. The Morgan fingerprint density at radius 3 is 1.69 bits per heavy atom. The summed E-state index contributed by atoms with van der Waals surface area (Å²) >= 11 is 0. The molecule has 0 aromatic carbocycles. The second kappa shape index (κ2) is 4.30. The first-order valence-corrected chi connectivity index (χ1v) is 6.83. The van der Waals surface area contributed by atoms with Gasteiger partial charge < -0.3 is 10.2 Å². The summed E-state index contributed by atoms with van der Waals surface area (Å²) in [6.45, 7) is 3.93. The van der Waals surface area contributed by atoms with Crippen molar-refractivity contribution in [2.24, 2.45) is 11.8 Å². The van der Waals surface area contributed by atoms with Gasteiger partial charge in [0.05, 0.1) is 11.2 Å². The van der Waals surface area contributed by atoms with Crippen molar-refractivity contribution >= 4 is 0 Å². The zero-order valence-corrected chi connectivity index (χ0v) is 10.7. The molecule has 94 valence electrons. The Labute approximate surface area is 99.1 Å². The predicted molar refractivity (Wildman–Crippen MR) is 65.2 cm³/mol. The first-order valence-electron chi connectivity index (χ1n) is 6.83. The molecule has 2 fully saturated rings. The lowest BCUT2D eigenvalue weighted by molar-refractivity contribution is -0.00501. The minimum Gasteiger partial charge on any atom is -0.390 e. The van der Waals surface area contributed by atoms with Crippen molar-refractivity contribution in [3.05, 3.63) is 0 Å². The van der Waals surface area contributed by atoms with Crippen LogP contribution in [0.25, 0.3) is 0 Å². The molecule has 2 unspecified atom stereocenters. The molecule has 16 heavy (non-hydrogen) atoms. The summed E-state index contributed by atoms with van der Waals surface area (Å²) in [5.74, 6) is 1.26. The number of fused-ring (bicyclic) bond motifs is 1. The third-order valence-corrected chi connectivity index (χ3v) is 4.65. The standard InChI is InChI=1S/C14H26O2/c1-13(15)7-3-5-11-6-4-8-14(2,16)10-12(11)9-13/h11-12,15-16H,3-10H2,1-2H3. The van der Waals surface area contributed by atoms with Gasteiger partial charge in [-0.25, -0.2) is 0 Å². The van der Waals surface area contributed by atoms with Crippen molar-refractivity contribution in [3.63, 3.8) is 0 Å². The van der Waals surface area contributed by atoms with E-state index in [1.807, 2.05) is 13.8 Å². The van der Waals surface area contributed by atoms with Crippen LogP contribution in [0.15, 0.2) is 0 Å². The minimum absolute atomic E-state index is 0.500. The fraction of sp³-hybridized carbons (Fsp3) is 1.00. The molecule has 2 rings (SSSR count). The van der Waals surface area contributed by atoms with Crippen molar-refractivity contribution in [1.82, 2.24) is 0 Å². The monoisotopic (exact) mass is 226 g/mol. The van der Waals surface area contributed by atoms with Crippen LogP contribution in [0.2, 0.25) is 0 Å². The first-order chi connectivity index (χ1) is 7.38. The molecule has 0 saturated heterocycles. The van der Waals surface area contributed by atoms with Crippen LogP contribution < -0.4 is 0 Å². The van der Waals surface area contributed by atoms with Crippen LogP contribution in [0.4, 0.5) is 0 Å². The Hall–Kier alpha value is -0.0800. The van der Waals surface area contributed by atoms with Crippen molar-refractivity contribution in [3.8, 4) is 0 Å². The molecular weight excluding hydrogens is 200 g/mol. The summed E-state index contributed by atoms with van der Waals surface area (Å²) in [5, 5.41) is 20.5. The maximum Gasteiger partial charge on any atom is 0.0622 e. The van der Waals surface area contributed by atoms with Crippen molar-refractivity contribution in [1.29, 1.82) is 0 Å². The predicted octanol–water partition coefficient (Wildman–Crippen LogP) is 2.87. The summed E-state index contributed by atoms with van der Waals surface area (Å²) in [4.78, 5) is 0. The highest BCUT2D eigenvalue weighted by molar-refractivity contribution is 4.91. The van der Waals surface area contributed by atoms with Gasteiger partial charge in [-0.15, -0.1) is 0 Å². The molecule has 2 aliphatic rings. The Balaban J connectivity index is 2.12. The second-order valence-corrected chi connectivity index (χ2v) is 6.71. The van der Waals surface area contributed by atoms with E-state index in [9.17, 15) is 10.2 Å². The van der Waals surface area contributed by atoms with Gasteiger partial charge in [0.1, 0.15) is 0 Å². The third-order valence-electron chi connectivity index (χ3n) is 4.65. The van der Waals surface area contributed by atoms with Gasteiger partial charge in [0.2, 0.25) is 0 Å². The molecule has 2 atom stereocenters. The lowest BCUT2D eigenvalue weighted by Crippen LogP contribution is -2.32. The minimum atomic E-state index is -0.500. The quantitative estimate of drug-likeness (QED) is 0.667. The van der Waals surface area contributed by atoms with E-state index in [2.05, 4.69) is 0 Å². The van der Waals surface area contributed by atoms with Gasteiger partial charge in [-0.2, -0.15) is 0 Å². The third kappa shape index (κ3) is 2.98. The summed E-state index contributed by atoms with van der Waals surface area (Å²) in [5.41, 5.74) is -1.00. The van der Waals surface area contributed by atoms with E-state index in [0.29, 0.717) is 5.92 Å². The van der Waals surface area contributed by atoms with E-state index in [-0.39, 0.29) is 0 Å². The summed E-state index contributed by atoms with van der Waals surface area (Å²) in [6, 6.07) is 0. The molecule has 0 heterocycles. The van der Waals surface area contributed by atoms with Crippen LogP contribution in [0.5, 0.6) is 0 Å². The molecule has 2 nitrogen and oxygen atoms in total. The Bertz CT molecular complexity index is 221. The first kappa shape index (κ1) is 12.4. The number of hydrogen-bond donors (Lipinski definition) is 2. The molecule has 2 aliphatic carbocycles. The molecule has 0 amide bonds. The van der Waals surface area contributed by atoms with Crippen LogP contribution in [0.1, 0.15) is 65.2 Å². The van der Waals surface area contributed by atoms with E-state index in [0.717, 1.165) is 44.4 Å². The summed E-state index contributed by atoms with van der Waals surface area (Å²) in [7, 11) is 0. The van der Waals surface area contributed by atoms with Gasteiger partial charge in [-0.3, -0.25) is 0 Å². The van der Waals surface area contributed by atoms with Crippen molar-refractivity contribution in [2.45, 2.75) is 76.4 Å². The SMILES string of the molecule is CC1(O)CCCC2CCCC(C)(O)CC2C1. The normalized spacial score (nSPS) is 50.2. The van der Waals surface area contributed by atoms with Crippen LogP contribution in [0, 0.1) is 11.8 Å². The summed E-state index contributed by atoms with van der Waals surface area (Å²) in [6.07, 6.45) is 8.42. The molecular formula is C14H26O2. The van der Waals surface area contributed by atoms with Gasteiger partial charge in [0, 0.05) is 0 Å². The van der Waals surface area contributed by atoms with E-state index in [1.165, 1.54) is 12.8 Å². The van der Waals surface area contributed by atoms with Crippen molar-refractivity contribution < 1.29 is 10.2 Å². The van der Waals surface area contributed by atoms with Crippen LogP contribution >= 0.6 is 0 Å². The van der Waals surface area contributed by atoms with E-state index in [1.54, 1.807) is 0 Å². The molecule has 2 N–H and O–H groups in total. The maximum atomic E-state index is 10.3. The number of rotatable bonds is 0. The smallest absolute Gasteiger partial charge is 0.0622 e. The van der Waals surface area contributed by atoms with Gasteiger partial charge in [0.15, 0.2) is 0 Å². The highest BCUT2D eigenvalue weighted by atomic mass is 16.3. The van der Waals surface area contributed by atoms with Gasteiger partial charge in [-0.1, -0.05) is 25.7 Å². The molecule has 2 heteroatoms. The van der Waals surface area contributed by atoms with Crippen LogP contribution in [-0.2, 0) is 0 Å². The van der Waals surface area contributed by atoms with Gasteiger partial charge in [-0.05, 0) is 51.4 Å². The second-order valence-electron chi connectivity index (χ2n) is 6.71. The molecule has 0 aromatic rings. The largest absolute Gasteiger partial charge is 0.390 e. The zero-order valence-electron chi connectivity index (χ0n) is 10.7. The molecule has 2 saturated carbocycles. The molecule has 0 bridgehead atoms. The highest BCUT2D eigenvalue weighted by Gasteiger charge is 2.39. The fourth-order valence-corrected chi connectivity index (χ4v) is 3.85.